The molecule has 1 aliphatic carbocycles. The van der Waals surface area contributed by atoms with Gasteiger partial charge in [0, 0.05) is 24.8 Å². The molecule has 162 valence electrons. The van der Waals surface area contributed by atoms with Crippen molar-refractivity contribution in [2.45, 2.75) is 43.0 Å². The van der Waals surface area contributed by atoms with Gasteiger partial charge in [-0.1, -0.05) is 25.3 Å². The van der Waals surface area contributed by atoms with Crippen LogP contribution in [-0.4, -0.2) is 45.4 Å². The zero-order valence-corrected chi connectivity index (χ0v) is 18.1. The van der Waals surface area contributed by atoms with E-state index in [1.54, 1.807) is 38.4 Å². The Morgan fingerprint density at radius 1 is 1.10 bits per heavy atom. The number of sulfonamides is 1. The average Bonchev–Trinajstić information content (AvgIpc) is 2.77. The Kier molecular flexibility index (Phi) is 7.10. The lowest BCUT2D eigenvalue weighted by Crippen LogP contribution is -2.47. The van der Waals surface area contributed by atoms with Crippen LogP contribution in [0.1, 0.15) is 32.1 Å². The van der Waals surface area contributed by atoms with Crippen molar-refractivity contribution < 1.29 is 22.3 Å². The Morgan fingerprint density at radius 2 is 1.77 bits per heavy atom. The van der Waals surface area contributed by atoms with Gasteiger partial charge in [0.05, 0.1) is 18.6 Å². The highest BCUT2D eigenvalue weighted by molar-refractivity contribution is 7.89. The van der Waals surface area contributed by atoms with Gasteiger partial charge in [0.15, 0.2) is 0 Å². The van der Waals surface area contributed by atoms with Gasteiger partial charge < -0.3 is 9.64 Å². The first-order valence-corrected chi connectivity index (χ1v) is 11.4. The Morgan fingerprint density at radius 3 is 2.40 bits per heavy atom. The zero-order chi connectivity index (χ0) is 21.7. The Bertz CT molecular complexity index is 973. The number of ether oxygens (including phenoxy) is 1. The molecule has 2 aromatic carbocycles. The first kappa shape index (κ1) is 22.2. The number of halogens is 1. The highest BCUT2D eigenvalue weighted by atomic mass is 32.2. The van der Waals surface area contributed by atoms with Gasteiger partial charge >= 0.3 is 0 Å². The third kappa shape index (κ3) is 4.99. The summed E-state index contributed by atoms with van der Waals surface area (Å²) in [6.45, 7) is -0.280. The fourth-order valence-corrected chi connectivity index (χ4v) is 5.36. The molecular weight excluding hydrogens is 407 g/mol. The molecular formula is C22H27FN2O4S. The van der Waals surface area contributed by atoms with Crippen molar-refractivity contribution in [2.75, 3.05) is 25.6 Å². The maximum atomic E-state index is 13.4. The molecule has 0 radical (unpaired) electrons. The molecule has 0 spiro atoms. The third-order valence-electron chi connectivity index (χ3n) is 5.51. The van der Waals surface area contributed by atoms with Gasteiger partial charge in [-0.05, 0) is 49.2 Å². The number of rotatable bonds is 7. The van der Waals surface area contributed by atoms with Crippen LogP contribution in [0.25, 0.3) is 0 Å². The van der Waals surface area contributed by atoms with E-state index in [4.69, 9.17) is 4.74 Å². The third-order valence-corrected chi connectivity index (χ3v) is 7.42. The van der Waals surface area contributed by atoms with Gasteiger partial charge in [-0.15, -0.1) is 0 Å². The van der Waals surface area contributed by atoms with Gasteiger partial charge in [-0.25, -0.2) is 12.8 Å². The lowest BCUT2D eigenvalue weighted by atomic mass is 9.95. The number of carbonyl (C=O) groups excluding carboxylic acids is 1. The molecule has 3 rings (SSSR count). The number of nitrogens with zero attached hydrogens (tertiary/aromatic N) is 2. The topological polar surface area (TPSA) is 66.9 Å². The molecule has 0 unspecified atom stereocenters. The van der Waals surface area contributed by atoms with Crippen LogP contribution in [0.3, 0.4) is 0 Å². The van der Waals surface area contributed by atoms with Crippen molar-refractivity contribution in [2.24, 2.45) is 0 Å². The number of hydrogen-bond donors (Lipinski definition) is 0. The van der Waals surface area contributed by atoms with Crippen LogP contribution in [-0.2, 0) is 14.8 Å². The number of anilines is 1. The van der Waals surface area contributed by atoms with E-state index in [-0.39, 0.29) is 23.4 Å². The SMILES string of the molecule is COc1cccc(N(C)C(=O)CN(C2CCCCC2)S(=O)(=O)c2ccc(F)cc2)c1. The minimum Gasteiger partial charge on any atom is -0.497 e. The molecule has 1 saturated carbocycles. The molecule has 0 bridgehead atoms. The Hall–Kier alpha value is -2.45. The summed E-state index contributed by atoms with van der Waals surface area (Å²) in [6.07, 6.45) is 4.30. The molecule has 8 heteroatoms. The maximum Gasteiger partial charge on any atom is 0.243 e. The summed E-state index contributed by atoms with van der Waals surface area (Å²) in [4.78, 5) is 14.5. The first-order valence-electron chi connectivity index (χ1n) is 10.0. The van der Waals surface area contributed by atoms with E-state index >= 15 is 0 Å². The minimum atomic E-state index is -3.95. The van der Waals surface area contributed by atoms with Crippen molar-refractivity contribution >= 4 is 21.6 Å². The van der Waals surface area contributed by atoms with Crippen molar-refractivity contribution in [3.05, 3.63) is 54.3 Å². The van der Waals surface area contributed by atoms with Crippen molar-refractivity contribution in [1.29, 1.82) is 0 Å². The average molecular weight is 435 g/mol. The van der Waals surface area contributed by atoms with Gasteiger partial charge in [0.25, 0.3) is 0 Å². The lowest BCUT2D eigenvalue weighted by molar-refractivity contribution is -0.119. The molecule has 0 N–H and O–H groups in total. The van der Waals surface area contributed by atoms with Gasteiger partial charge in [0.2, 0.25) is 15.9 Å². The van der Waals surface area contributed by atoms with Crippen LogP contribution in [0.4, 0.5) is 10.1 Å². The molecule has 1 amide bonds. The molecule has 1 aliphatic rings. The summed E-state index contributed by atoms with van der Waals surface area (Å²) in [5.41, 5.74) is 0.613. The maximum absolute atomic E-state index is 13.4. The normalized spacial score (nSPS) is 15.2. The summed E-state index contributed by atoms with van der Waals surface area (Å²) < 4.78 is 46.5. The number of likely N-dealkylation sites (N-methyl/N-ethyl adjacent to an activating group) is 1. The highest BCUT2D eigenvalue weighted by Gasteiger charge is 2.34. The highest BCUT2D eigenvalue weighted by Crippen LogP contribution is 2.28. The van der Waals surface area contributed by atoms with Gasteiger partial charge in [-0.3, -0.25) is 4.79 Å². The second-order valence-corrected chi connectivity index (χ2v) is 9.34. The van der Waals surface area contributed by atoms with E-state index in [9.17, 15) is 17.6 Å². The van der Waals surface area contributed by atoms with Crippen molar-refractivity contribution in [3.63, 3.8) is 0 Å². The molecule has 0 aliphatic heterocycles. The molecule has 1 fully saturated rings. The summed E-state index contributed by atoms with van der Waals surface area (Å²) >= 11 is 0. The summed E-state index contributed by atoms with van der Waals surface area (Å²) in [6, 6.07) is 11.5. The van der Waals surface area contributed by atoms with Crippen LogP contribution < -0.4 is 9.64 Å². The van der Waals surface area contributed by atoms with Crippen molar-refractivity contribution in [3.8, 4) is 5.75 Å². The molecule has 0 heterocycles. The number of methoxy groups -OCH3 is 1. The molecule has 2 aromatic rings. The largest absolute Gasteiger partial charge is 0.497 e. The fourth-order valence-electron chi connectivity index (χ4n) is 3.72. The predicted octanol–water partition coefficient (Wildman–Crippen LogP) is 3.82. The monoisotopic (exact) mass is 434 g/mol. The zero-order valence-electron chi connectivity index (χ0n) is 17.3. The molecule has 6 nitrogen and oxygen atoms in total. The molecule has 0 aromatic heterocycles. The van der Waals surface area contributed by atoms with Crippen molar-refractivity contribution in [1.82, 2.24) is 4.31 Å². The lowest BCUT2D eigenvalue weighted by Gasteiger charge is -2.34. The fraction of sp³-hybridized carbons (Fsp3) is 0.409. The second kappa shape index (κ2) is 9.57. The number of carbonyl (C=O) groups is 1. The van der Waals surface area contributed by atoms with E-state index in [0.29, 0.717) is 24.3 Å². The summed E-state index contributed by atoms with van der Waals surface area (Å²) in [5.74, 6) is -0.248. The van der Waals surface area contributed by atoms with Crippen LogP contribution >= 0.6 is 0 Å². The van der Waals surface area contributed by atoms with E-state index < -0.39 is 15.8 Å². The quantitative estimate of drug-likeness (QED) is 0.665. The van der Waals surface area contributed by atoms with Crippen LogP contribution in [0, 0.1) is 5.82 Å². The Balaban J connectivity index is 1.88. The Labute approximate surface area is 177 Å². The predicted molar refractivity (Wildman–Crippen MR) is 114 cm³/mol. The van der Waals surface area contributed by atoms with E-state index in [0.717, 1.165) is 31.4 Å². The summed E-state index contributed by atoms with van der Waals surface area (Å²) in [5, 5.41) is 0. The first-order chi connectivity index (χ1) is 14.3. The van der Waals surface area contributed by atoms with Crippen LogP contribution in [0.5, 0.6) is 5.75 Å². The smallest absolute Gasteiger partial charge is 0.243 e. The van der Waals surface area contributed by atoms with E-state index in [2.05, 4.69) is 0 Å². The standard InChI is InChI=1S/C22H27FN2O4S/c1-24(19-9-6-10-20(15-19)29-2)22(26)16-25(18-7-4-3-5-8-18)30(27,28)21-13-11-17(23)12-14-21/h6,9-15,18H,3-5,7-8,16H2,1-2H3. The molecule has 0 atom stereocenters. The van der Waals surface area contributed by atoms with Gasteiger partial charge in [-0.2, -0.15) is 4.31 Å². The van der Waals surface area contributed by atoms with Crippen LogP contribution in [0.15, 0.2) is 53.4 Å². The second-order valence-electron chi connectivity index (χ2n) is 7.45. The minimum absolute atomic E-state index is 0.00805. The van der Waals surface area contributed by atoms with E-state index in [1.807, 2.05) is 0 Å². The number of hydrogen-bond acceptors (Lipinski definition) is 4. The van der Waals surface area contributed by atoms with E-state index in [1.165, 1.54) is 21.3 Å². The number of benzene rings is 2. The van der Waals surface area contributed by atoms with Gasteiger partial charge in [0.1, 0.15) is 11.6 Å². The number of amides is 1. The molecule has 0 saturated heterocycles. The summed E-state index contributed by atoms with van der Waals surface area (Å²) in [7, 11) is -0.792. The molecule has 30 heavy (non-hydrogen) atoms. The van der Waals surface area contributed by atoms with Crippen LogP contribution in [0.2, 0.25) is 0 Å².